The van der Waals surface area contributed by atoms with E-state index in [2.05, 4.69) is 10.7 Å². The van der Waals surface area contributed by atoms with Crippen LogP contribution in [0.25, 0.3) is 0 Å². The molecule has 1 aromatic rings. The van der Waals surface area contributed by atoms with Crippen LogP contribution in [0.15, 0.2) is 18.7 Å². The zero-order chi connectivity index (χ0) is 24.9. The first-order valence-corrected chi connectivity index (χ1v) is 11.7. The van der Waals surface area contributed by atoms with Crippen molar-refractivity contribution in [3.8, 4) is 0 Å². The van der Waals surface area contributed by atoms with Gasteiger partial charge in [-0.15, -0.1) is 0 Å². The van der Waals surface area contributed by atoms with Crippen LogP contribution < -0.4 is 17.2 Å². The number of rotatable bonds is 10. The Morgan fingerprint density at radius 2 is 1.55 bits per heavy atom. The summed E-state index contributed by atoms with van der Waals surface area (Å²) in [5.74, 6) is -1.90. The average Bonchev–Trinajstić information content (AvgIpc) is 3.13. The van der Waals surface area contributed by atoms with Crippen molar-refractivity contribution in [1.29, 1.82) is 0 Å². The molecule has 13 N–H and O–H groups in total. The predicted molar refractivity (Wildman–Crippen MR) is 106 cm³/mol. The van der Waals surface area contributed by atoms with Crippen LogP contribution in [0.5, 0.6) is 0 Å². The number of unbranched alkanes of at least 4 members (excludes halogenated alkanes) is 1. The number of carbonyl (C=O) groups is 2. The largest absolute Gasteiger partial charge is 0.480 e. The lowest BCUT2D eigenvalue weighted by Crippen LogP contribution is -2.33. The smallest absolute Gasteiger partial charge is 0.371 e. The molecular formula is C13H29N5O11P2. The SMILES string of the molecule is NCC(=O)O.NCCCC[C@H](N)C(=O)O.O=P(O)(O)C(O)(Cn1ccnc1)P(=O)(O)O. The van der Waals surface area contributed by atoms with Gasteiger partial charge in [0.25, 0.3) is 5.08 Å². The van der Waals surface area contributed by atoms with Gasteiger partial charge < -0.3 is 56.7 Å². The molecule has 16 nitrogen and oxygen atoms in total. The number of nitrogens with zero attached hydrogens (tertiary/aromatic N) is 2. The van der Waals surface area contributed by atoms with Crippen molar-refractivity contribution < 1.29 is 53.6 Å². The van der Waals surface area contributed by atoms with E-state index >= 15 is 0 Å². The Morgan fingerprint density at radius 1 is 1.06 bits per heavy atom. The van der Waals surface area contributed by atoms with E-state index < -0.39 is 44.8 Å². The third kappa shape index (κ3) is 12.7. The van der Waals surface area contributed by atoms with E-state index in [9.17, 15) is 23.8 Å². The van der Waals surface area contributed by atoms with Crippen molar-refractivity contribution in [2.75, 3.05) is 13.1 Å². The molecule has 0 saturated carbocycles. The molecule has 182 valence electrons. The summed E-state index contributed by atoms with van der Waals surface area (Å²) < 4.78 is 22.8. The number of hydrogen-bond acceptors (Lipinski definition) is 9. The van der Waals surface area contributed by atoms with E-state index in [0.29, 0.717) is 13.0 Å². The van der Waals surface area contributed by atoms with Gasteiger partial charge in [0.15, 0.2) is 0 Å². The lowest BCUT2D eigenvalue weighted by molar-refractivity contribution is -0.138. The van der Waals surface area contributed by atoms with Crippen LogP contribution in [0, 0.1) is 0 Å². The second-order valence-corrected chi connectivity index (χ2v) is 9.93. The van der Waals surface area contributed by atoms with Crippen molar-refractivity contribution in [3.63, 3.8) is 0 Å². The minimum Gasteiger partial charge on any atom is -0.480 e. The number of nitrogens with two attached hydrogens (primary N) is 3. The Balaban J connectivity index is 0. The zero-order valence-corrected chi connectivity index (χ0v) is 18.1. The average molecular weight is 493 g/mol. The molecule has 18 heteroatoms. The maximum Gasteiger partial charge on any atom is 0.371 e. The maximum absolute atomic E-state index is 10.9. The molecule has 1 atom stereocenters. The highest BCUT2D eigenvalue weighted by molar-refractivity contribution is 7.72. The fourth-order valence-corrected chi connectivity index (χ4v) is 3.66. The second-order valence-electron chi connectivity index (χ2n) is 5.92. The number of hydrogen-bond donors (Lipinski definition) is 10. The summed E-state index contributed by atoms with van der Waals surface area (Å²) in [6.45, 7) is -0.631. The first-order chi connectivity index (χ1) is 14.0. The number of aliphatic hydroxyl groups is 1. The zero-order valence-electron chi connectivity index (χ0n) is 16.3. The molecule has 0 aliphatic carbocycles. The molecule has 0 saturated heterocycles. The van der Waals surface area contributed by atoms with Gasteiger partial charge >= 0.3 is 27.1 Å². The number of carboxylic acid groups (broad SMARTS) is 2. The summed E-state index contributed by atoms with van der Waals surface area (Å²) in [7, 11) is -10.8. The number of carboxylic acids is 2. The van der Waals surface area contributed by atoms with Crippen molar-refractivity contribution in [3.05, 3.63) is 18.7 Å². The van der Waals surface area contributed by atoms with Crippen LogP contribution in [0.1, 0.15) is 19.3 Å². The van der Waals surface area contributed by atoms with Gasteiger partial charge in [0.2, 0.25) is 0 Å². The summed E-state index contributed by atoms with van der Waals surface area (Å²) in [4.78, 5) is 58.1. The van der Waals surface area contributed by atoms with Crippen LogP contribution >= 0.6 is 15.2 Å². The third-order valence-electron chi connectivity index (χ3n) is 3.35. The van der Waals surface area contributed by atoms with E-state index in [1.807, 2.05) is 0 Å². The lowest BCUT2D eigenvalue weighted by Gasteiger charge is -2.29. The molecule has 0 unspecified atom stereocenters. The quantitative estimate of drug-likeness (QED) is 0.118. The molecule has 0 aromatic carbocycles. The fourth-order valence-electron chi connectivity index (χ4n) is 1.61. The second kappa shape index (κ2) is 14.4. The molecule has 0 aliphatic rings. The molecule has 31 heavy (non-hydrogen) atoms. The van der Waals surface area contributed by atoms with Crippen LogP contribution in [-0.2, 0) is 25.3 Å². The van der Waals surface area contributed by atoms with Crippen molar-refractivity contribution in [2.45, 2.75) is 36.9 Å². The fraction of sp³-hybridized carbons (Fsp3) is 0.615. The highest BCUT2D eigenvalue weighted by Crippen LogP contribution is 2.67. The normalized spacial score (nSPS) is 12.6. The molecule has 1 heterocycles. The highest BCUT2D eigenvalue weighted by atomic mass is 31.2. The van der Waals surface area contributed by atoms with Crippen molar-refractivity contribution >= 4 is 27.1 Å². The molecule has 0 fully saturated rings. The molecule has 0 spiro atoms. The Morgan fingerprint density at radius 3 is 1.84 bits per heavy atom. The van der Waals surface area contributed by atoms with Crippen LogP contribution in [0.4, 0.5) is 0 Å². The van der Waals surface area contributed by atoms with Crippen LogP contribution in [0.3, 0.4) is 0 Å². The number of aromatic nitrogens is 2. The van der Waals surface area contributed by atoms with Gasteiger partial charge in [-0.1, -0.05) is 6.42 Å². The first-order valence-electron chi connectivity index (χ1n) is 8.43. The van der Waals surface area contributed by atoms with E-state index in [1.54, 1.807) is 0 Å². The molecule has 1 rings (SSSR count). The van der Waals surface area contributed by atoms with Gasteiger partial charge in [0.1, 0.15) is 6.04 Å². The van der Waals surface area contributed by atoms with Gasteiger partial charge in [0, 0.05) is 12.4 Å². The monoisotopic (exact) mass is 493 g/mol. The van der Waals surface area contributed by atoms with Gasteiger partial charge in [-0.25, -0.2) is 4.98 Å². The summed E-state index contributed by atoms with van der Waals surface area (Å²) in [6.07, 6.45) is 5.67. The van der Waals surface area contributed by atoms with E-state index in [0.717, 1.165) is 23.7 Å². The molecule has 0 amide bonds. The Kier molecular flexibility index (Phi) is 14.6. The third-order valence-corrected chi connectivity index (χ3v) is 7.06. The van der Waals surface area contributed by atoms with E-state index in [4.69, 9.17) is 41.3 Å². The summed E-state index contributed by atoms with van der Waals surface area (Å²) >= 11 is 0. The molecular weight excluding hydrogens is 464 g/mol. The summed E-state index contributed by atoms with van der Waals surface area (Å²) in [5.41, 5.74) is 15.0. The van der Waals surface area contributed by atoms with Gasteiger partial charge in [0.05, 0.1) is 19.4 Å². The van der Waals surface area contributed by atoms with Crippen LogP contribution in [0.2, 0.25) is 0 Å². The molecule has 0 radical (unpaired) electrons. The van der Waals surface area contributed by atoms with Gasteiger partial charge in [-0.2, -0.15) is 0 Å². The number of imidazole rings is 1. The lowest BCUT2D eigenvalue weighted by atomic mass is 10.1. The summed E-state index contributed by atoms with van der Waals surface area (Å²) in [6, 6.07) is -0.716. The Labute approximate surface area is 177 Å². The molecule has 0 aliphatic heterocycles. The summed E-state index contributed by atoms with van der Waals surface area (Å²) in [5, 5.41) is 22.0. The van der Waals surface area contributed by atoms with Gasteiger partial charge in [-0.3, -0.25) is 18.7 Å². The Bertz CT molecular complexity index is 727. The van der Waals surface area contributed by atoms with Crippen molar-refractivity contribution in [1.82, 2.24) is 9.55 Å². The van der Waals surface area contributed by atoms with E-state index in [-0.39, 0.29) is 6.54 Å². The number of aliphatic carboxylic acids is 2. The first kappa shape index (κ1) is 31.5. The minimum absolute atomic E-state index is 0.278. The molecule has 0 bridgehead atoms. The highest BCUT2D eigenvalue weighted by Gasteiger charge is 2.59. The van der Waals surface area contributed by atoms with Crippen molar-refractivity contribution in [2.24, 2.45) is 17.2 Å². The Hall–Kier alpha value is -1.71. The maximum atomic E-state index is 10.9. The predicted octanol–water partition coefficient (Wildman–Crippen LogP) is -2.56. The van der Waals surface area contributed by atoms with Crippen LogP contribution in [-0.4, -0.2) is 80.6 Å². The molecule has 1 aromatic heterocycles. The van der Waals surface area contributed by atoms with Gasteiger partial charge in [-0.05, 0) is 19.4 Å². The minimum atomic E-state index is -5.41. The standard InChI is InChI=1S/C6H14N2O2.C5H10N2O7P2.C2H5NO2/c7-4-2-1-3-5(8)6(9)10;8-5(15(9,10)11,16(12,13)14)3-7-2-1-6-4-7;3-1-2(4)5/h5H,1-4,7-8H2,(H,9,10);1-2,4,8H,3H2,(H2,9,10,11)(H2,12,13,14);1,3H2,(H,4,5)/t5-;;/m0../s1. The topological polar surface area (TPSA) is 306 Å². The van der Waals surface area contributed by atoms with E-state index in [1.165, 1.54) is 12.4 Å².